The Balaban J connectivity index is 1.59. The van der Waals surface area contributed by atoms with Gasteiger partial charge in [0.1, 0.15) is 23.7 Å². The Morgan fingerprint density at radius 2 is 2.03 bits per heavy atom. The zero-order valence-corrected chi connectivity index (χ0v) is 17.8. The quantitative estimate of drug-likeness (QED) is 0.767. The summed E-state index contributed by atoms with van der Waals surface area (Å²) in [5.74, 6) is 0.536. The molecule has 2 aliphatic rings. The Morgan fingerprint density at radius 3 is 2.77 bits per heavy atom. The molecular weight excluding hydrogens is 384 g/mol. The van der Waals surface area contributed by atoms with Crippen LogP contribution in [0.25, 0.3) is 0 Å². The van der Waals surface area contributed by atoms with Crippen LogP contribution >= 0.6 is 0 Å². The molecule has 2 amide bonds. The van der Waals surface area contributed by atoms with Crippen molar-refractivity contribution in [2.75, 3.05) is 13.1 Å². The summed E-state index contributed by atoms with van der Waals surface area (Å²) in [6.45, 7) is 7.16. The number of amides is 2. The molecule has 160 valence electrons. The third kappa shape index (κ3) is 3.55. The molecule has 8 nitrogen and oxygen atoms in total. The lowest BCUT2D eigenvalue weighted by Crippen LogP contribution is -2.68. The minimum absolute atomic E-state index is 0.0541. The topological polar surface area (TPSA) is 88.8 Å². The van der Waals surface area contributed by atoms with Crippen LogP contribution in [0.3, 0.4) is 0 Å². The van der Waals surface area contributed by atoms with E-state index in [0.717, 1.165) is 32.2 Å². The fraction of sp³-hybridized carbons (Fsp3) is 0.545. The summed E-state index contributed by atoms with van der Waals surface area (Å²) in [6, 6.07) is 7.33. The SMILES string of the molecule is CC(=O)N1CCC[C@@]2(C)[C@@H]1CCCN2C(=O)c1ccccc1OCc1nonc1C. The second kappa shape index (κ2) is 8.08. The number of hydrogen-bond acceptors (Lipinski definition) is 6. The molecule has 3 heterocycles. The van der Waals surface area contributed by atoms with Crippen LogP contribution in [0.2, 0.25) is 0 Å². The lowest BCUT2D eigenvalue weighted by molar-refractivity contribution is -0.140. The smallest absolute Gasteiger partial charge is 0.258 e. The van der Waals surface area contributed by atoms with Crippen molar-refractivity contribution in [3.8, 4) is 5.75 Å². The number of fused-ring (bicyclic) bond motifs is 1. The third-order valence-corrected chi connectivity index (χ3v) is 6.53. The van der Waals surface area contributed by atoms with Gasteiger partial charge in [-0.25, -0.2) is 4.63 Å². The van der Waals surface area contributed by atoms with Gasteiger partial charge in [-0.05, 0) is 51.7 Å². The highest BCUT2D eigenvalue weighted by Gasteiger charge is 2.50. The van der Waals surface area contributed by atoms with E-state index in [0.29, 0.717) is 29.2 Å². The minimum atomic E-state index is -0.376. The van der Waals surface area contributed by atoms with Crippen molar-refractivity contribution >= 4 is 11.8 Å². The first-order valence-corrected chi connectivity index (χ1v) is 10.5. The van der Waals surface area contributed by atoms with Crippen LogP contribution in [-0.2, 0) is 11.4 Å². The summed E-state index contributed by atoms with van der Waals surface area (Å²) in [7, 11) is 0. The van der Waals surface area contributed by atoms with E-state index < -0.39 is 0 Å². The van der Waals surface area contributed by atoms with Crippen LogP contribution in [0.15, 0.2) is 28.9 Å². The molecule has 0 radical (unpaired) electrons. The van der Waals surface area contributed by atoms with E-state index in [1.54, 1.807) is 26.0 Å². The normalized spacial score (nSPS) is 23.8. The summed E-state index contributed by atoms with van der Waals surface area (Å²) in [5.41, 5.74) is 1.41. The van der Waals surface area contributed by atoms with Crippen molar-refractivity contribution in [1.82, 2.24) is 20.1 Å². The first-order chi connectivity index (χ1) is 14.4. The molecule has 8 heteroatoms. The molecule has 2 saturated heterocycles. The molecule has 2 aliphatic heterocycles. The van der Waals surface area contributed by atoms with Crippen molar-refractivity contribution in [3.05, 3.63) is 41.2 Å². The van der Waals surface area contributed by atoms with E-state index in [1.165, 1.54) is 0 Å². The van der Waals surface area contributed by atoms with Gasteiger partial charge in [-0.3, -0.25) is 9.59 Å². The maximum Gasteiger partial charge on any atom is 0.258 e. The number of para-hydroxylation sites is 1. The van der Waals surface area contributed by atoms with E-state index in [2.05, 4.69) is 17.2 Å². The highest BCUT2D eigenvalue weighted by atomic mass is 16.6. The fourth-order valence-corrected chi connectivity index (χ4v) is 4.90. The van der Waals surface area contributed by atoms with Crippen LogP contribution in [0.5, 0.6) is 5.75 Å². The molecule has 1 aromatic heterocycles. The Kier molecular flexibility index (Phi) is 5.49. The van der Waals surface area contributed by atoms with Gasteiger partial charge in [0.2, 0.25) is 5.91 Å². The maximum absolute atomic E-state index is 13.7. The Bertz CT molecular complexity index is 943. The predicted molar refractivity (Wildman–Crippen MR) is 109 cm³/mol. The van der Waals surface area contributed by atoms with Crippen molar-refractivity contribution < 1.29 is 19.0 Å². The van der Waals surface area contributed by atoms with E-state index in [-0.39, 0.29) is 30.0 Å². The summed E-state index contributed by atoms with van der Waals surface area (Å²) < 4.78 is 10.6. The van der Waals surface area contributed by atoms with Crippen molar-refractivity contribution in [3.63, 3.8) is 0 Å². The molecule has 0 N–H and O–H groups in total. The van der Waals surface area contributed by atoms with Gasteiger partial charge in [0, 0.05) is 20.0 Å². The number of aromatic nitrogens is 2. The van der Waals surface area contributed by atoms with E-state index >= 15 is 0 Å². The second-order valence-corrected chi connectivity index (χ2v) is 8.37. The summed E-state index contributed by atoms with van der Waals surface area (Å²) in [4.78, 5) is 29.8. The van der Waals surface area contributed by atoms with Gasteiger partial charge >= 0.3 is 0 Å². The number of aryl methyl sites for hydroxylation is 1. The number of benzene rings is 1. The van der Waals surface area contributed by atoms with Crippen LogP contribution in [0, 0.1) is 6.92 Å². The minimum Gasteiger partial charge on any atom is -0.486 e. The molecule has 2 fully saturated rings. The second-order valence-electron chi connectivity index (χ2n) is 8.37. The highest BCUT2D eigenvalue weighted by molar-refractivity contribution is 5.97. The largest absolute Gasteiger partial charge is 0.486 e. The van der Waals surface area contributed by atoms with Crippen molar-refractivity contribution in [2.45, 2.75) is 64.6 Å². The zero-order valence-electron chi connectivity index (χ0n) is 17.8. The summed E-state index contributed by atoms with van der Waals surface area (Å²) in [6.07, 6.45) is 3.59. The number of likely N-dealkylation sites (tertiary alicyclic amines) is 2. The first kappa shape index (κ1) is 20.4. The van der Waals surface area contributed by atoms with E-state index in [4.69, 9.17) is 9.37 Å². The summed E-state index contributed by atoms with van der Waals surface area (Å²) in [5, 5.41) is 7.60. The molecule has 0 unspecified atom stereocenters. The molecule has 0 saturated carbocycles. The standard InChI is InChI=1S/C22H28N4O4/c1-15-18(24-30-23-15)14-29-19-9-5-4-8-17(19)21(28)26-13-6-10-20-22(26,3)11-7-12-25(20)16(2)27/h4-5,8-9,20H,6-7,10-14H2,1-3H3/t20-,22-/m0/s1. The molecule has 4 rings (SSSR count). The number of piperidine rings is 2. The van der Waals surface area contributed by atoms with Gasteiger partial charge in [-0.1, -0.05) is 22.4 Å². The lowest BCUT2D eigenvalue weighted by atomic mass is 9.75. The first-order valence-electron chi connectivity index (χ1n) is 10.5. The van der Waals surface area contributed by atoms with Gasteiger partial charge in [-0.15, -0.1) is 0 Å². The van der Waals surface area contributed by atoms with Gasteiger partial charge in [-0.2, -0.15) is 0 Å². The van der Waals surface area contributed by atoms with Crippen LogP contribution in [0.1, 0.15) is 61.3 Å². The predicted octanol–water partition coefficient (Wildman–Crippen LogP) is 2.96. The molecular formula is C22H28N4O4. The Morgan fingerprint density at radius 1 is 1.23 bits per heavy atom. The molecule has 2 aromatic rings. The van der Waals surface area contributed by atoms with E-state index in [1.807, 2.05) is 21.9 Å². The molecule has 30 heavy (non-hydrogen) atoms. The lowest BCUT2D eigenvalue weighted by Gasteiger charge is -2.56. The number of ether oxygens (including phenoxy) is 1. The van der Waals surface area contributed by atoms with Crippen molar-refractivity contribution in [2.24, 2.45) is 0 Å². The highest BCUT2D eigenvalue weighted by Crippen LogP contribution is 2.40. The molecule has 2 atom stereocenters. The van der Waals surface area contributed by atoms with Crippen molar-refractivity contribution in [1.29, 1.82) is 0 Å². The Labute approximate surface area is 176 Å². The number of hydrogen-bond donors (Lipinski definition) is 0. The average Bonchev–Trinajstić information content (AvgIpc) is 3.15. The van der Waals surface area contributed by atoms with Gasteiger partial charge in [0.25, 0.3) is 5.91 Å². The van der Waals surface area contributed by atoms with Gasteiger partial charge in [0.05, 0.1) is 17.1 Å². The number of carbonyl (C=O) groups excluding carboxylic acids is 2. The molecule has 0 aliphatic carbocycles. The Hall–Kier alpha value is -2.90. The summed E-state index contributed by atoms with van der Waals surface area (Å²) >= 11 is 0. The fourth-order valence-electron chi connectivity index (χ4n) is 4.90. The van der Waals surface area contributed by atoms with E-state index in [9.17, 15) is 9.59 Å². The third-order valence-electron chi connectivity index (χ3n) is 6.53. The number of rotatable bonds is 4. The molecule has 0 bridgehead atoms. The number of carbonyl (C=O) groups is 2. The van der Waals surface area contributed by atoms with Gasteiger partial charge in [0.15, 0.2) is 0 Å². The molecule has 1 aromatic carbocycles. The van der Waals surface area contributed by atoms with Crippen LogP contribution in [-0.4, -0.2) is 56.6 Å². The van der Waals surface area contributed by atoms with Crippen LogP contribution < -0.4 is 4.74 Å². The zero-order chi connectivity index (χ0) is 21.3. The average molecular weight is 412 g/mol. The van der Waals surface area contributed by atoms with Gasteiger partial charge < -0.3 is 14.5 Å². The maximum atomic E-state index is 13.7. The monoisotopic (exact) mass is 412 g/mol. The molecule has 0 spiro atoms. The number of nitrogens with zero attached hydrogens (tertiary/aromatic N) is 4. The van der Waals surface area contributed by atoms with Crippen LogP contribution in [0.4, 0.5) is 0 Å².